The molecule has 1 heterocycles. The van der Waals surface area contributed by atoms with Crippen LogP contribution in [0.15, 0.2) is 59.5 Å². The summed E-state index contributed by atoms with van der Waals surface area (Å²) in [5.41, 5.74) is 5.93. The molecule has 1 atom stereocenters. The summed E-state index contributed by atoms with van der Waals surface area (Å²) < 4.78 is 27.2. The van der Waals surface area contributed by atoms with E-state index in [1.54, 1.807) is 36.4 Å². The molecule has 0 unspecified atom stereocenters. The largest absolute Gasteiger partial charge is 0.366 e. The van der Waals surface area contributed by atoms with Crippen LogP contribution >= 0.6 is 0 Å². The van der Waals surface area contributed by atoms with Gasteiger partial charge in [0.25, 0.3) is 0 Å². The van der Waals surface area contributed by atoms with Crippen molar-refractivity contribution in [1.82, 2.24) is 4.31 Å². The van der Waals surface area contributed by atoms with E-state index in [4.69, 9.17) is 5.73 Å². The average molecular weight is 387 g/mol. The van der Waals surface area contributed by atoms with Crippen LogP contribution in [0.1, 0.15) is 29.6 Å². The molecule has 8 heteroatoms. The standard InChI is InChI=1S/C19H21N3O4S/c20-18(23)14-7-6-8-15(13-14)21-19(24)17-11-4-5-12-22(17)27(25,26)16-9-2-1-3-10-16/h1-3,6-10,13,17H,4-5,11-12H2,(H2,20,23)(H,21,24)/t17-/m1/s1. The summed E-state index contributed by atoms with van der Waals surface area (Å²) in [7, 11) is -3.77. The molecule has 1 fully saturated rings. The lowest BCUT2D eigenvalue weighted by Gasteiger charge is -2.33. The number of hydrogen-bond donors (Lipinski definition) is 2. The fourth-order valence-electron chi connectivity index (χ4n) is 3.16. The summed E-state index contributed by atoms with van der Waals surface area (Å²) >= 11 is 0. The number of nitrogens with one attached hydrogen (secondary N) is 1. The number of carbonyl (C=O) groups is 2. The maximum atomic E-state index is 13.0. The van der Waals surface area contributed by atoms with E-state index in [-0.39, 0.29) is 17.0 Å². The Morgan fingerprint density at radius 3 is 2.48 bits per heavy atom. The molecule has 1 saturated heterocycles. The zero-order valence-electron chi connectivity index (χ0n) is 14.7. The number of nitrogens with two attached hydrogens (primary N) is 1. The van der Waals surface area contributed by atoms with Gasteiger partial charge in [-0.3, -0.25) is 9.59 Å². The number of anilines is 1. The van der Waals surface area contributed by atoms with Crippen molar-refractivity contribution in [3.05, 3.63) is 60.2 Å². The van der Waals surface area contributed by atoms with E-state index in [0.29, 0.717) is 18.5 Å². The van der Waals surface area contributed by atoms with Crippen LogP contribution in [0.5, 0.6) is 0 Å². The molecule has 7 nitrogen and oxygen atoms in total. The van der Waals surface area contributed by atoms with E-state index in [0.717, 1.165) is 6.42 Å². The molecule has 3 N–H and O–H groups in total. The number of nitrogens with zero attached hydrogens (tertiary/aromatic N) is 1. The Morgan fingerprint density at radius 2 is 1.78 bits per heavy atom. The highest BCUT2D eigenvalue weighted by molar-refractivity contribution is 7.89. The van der Waals surface area contributed by atoms with E-state index < -0.39 is 27.9 Å². The second-order valence-corrected chi connectivity index (χ2v) is 8.27. The predicted octanol–water partition coefficient (Wildman–Crippen LogP) is 1.97. The van der Waals surface area contributed by atoms with Gasteiger partial charge in [0.2, 0.25) is 21.8 Å². The molecule has 2 amide bonds. The Kier molecular flexibility index (Phi) is 5.57. The number of hydrogen-bond acceptors (Lipinski definition) is 4. The first-order chi connectivity index (χ1) is 12.9. The zero-order chi connectivity index (χ0) is 19.4. The van der Waals surface area contributed by atoms with Gasteiger partial charge in [0, 0.05) is 17.8 Å². The highest BCUT2D eigenvalue weighted by Crippen LogP contribution is 2.26. The average Bonchev–Trinajstić information content (AvgIpc) is 2.69. The van der Waals surface area contributed by atoms with Crippen molar-refractivity contribution < 1.29 is 18.0 Å². The molecular formula is C19H21N3O4S. The van der Waals surface area contributed by atoms with Crippen LogP contribution in [0.2, 0.25) is 0 Å². The van der Waals surface area contributed by atoms with Crippen molar-refractivity contribution in [3.8, 4) is 0 Å². The molecule has 0 spiro atoms. The lowest BCUT2D eigenvalue weighted by atomic mass is 10.0. The van der Waals surface area contributed by atoms with Crippen molar-refractivity contribution in [2.24, 2.45) is 5.73 Å². The zero-order valence-corrected chi connectivity index (χ0v) is 15.5. The monoisotopic (exact) mass is 387 g/mol. The van der Waals surface area contributed by atoms with Crippen LogP contribution in [-0.4, -0.2) is 37.1 Å². The van der Waals surface area contributed by atoms with Gasteiger partial charge in [-0.05, 0) is 43.2 Å². The summed E-state index contributed by atoms with van der Waals surface area (Å²) in [6.45, 7) is 0.288. The number of carbonyl (C=O) groups excluding carboxylic acids is 2. The lowest BCUT2D eigenvalue weighted by molar-refractivity contribution is -0.120. The number of primary amides is 1. The molecule has 2 aromatic carbocycles. The van der Waals surface area contributed by atoms with Gasteiger partial charge >= 0.3 is 0 Å². The minimum Gasteiger partial charge on any atom is -0.366 e. The molecule has 1 aliphatic rings. The van der Waals surface area contributed by atoms with E-state index in [1.807, 2.05) is 0 Å². The lowest BCUT2D eigenvalue weighted by Crippen LogP contribution is -2.49. The van der Waals surface area contributed by atoms with Gasteiger partial charge in [-0.1, -0.05) is 30.7 Å². The third-order valence-electron chi connectivity index (χ3n) is 4.52. The molecule has 0 radical (unpaired) electrons. The number of amides is 2. The molecule has 27 heavy (non-hydrogen) atoms. The second-order valence-electron chi connectivity index (χ2n) is 6.37. The molecule has 142 valence electrons. The van der Waals surface area contributed by atoms with E-state index in [9.17, 15) is 18.0 Å². The molecule has 0 saturated carbocycles. The minimum atomic E-state index is -3.77. The summed E-state index contributed by atoms with van der Waals surface area (Å²) in [5.74, 6) is -1.02. The molecule has 3 rings (SSSR count). The van der Waals surface area contributed by atoms with Crippen LogP contribution in [0, 0.1) is 0 Å². The topological polar surface area (TPSA) is 110 Å². The maximum Gasteiger partial charge on any atom is 0.248 e. The molecule has 0 aromatic heterocycles. The SMILES string of the molecule is NC(=O)c1cccc(NC(=O)[C@H]2CCCCN2S(=O)(=O)c2ccccc2)c1. The molecule has 1 aliphatic heterocycles. The fraction of sp³-hybridized carbons (Fsp3) is 0.263. The van der Waals surface area contributed by atoms with Gasteiger partial charge in [0.15, 0.2) is 0 Å². The van der Waals surface area contributed by atoms with Gasteiger partial charge in [-0.15, -0.1) is 0 Å². The highest BCUT2D eigenvalue weighted by atomic mass is 32.2. The maximum absolute atomic E-state index is 13.0. The predicted molar refractivity (Wildman–Crippen MR) is 102 cm³/mol. The minimum absolute atomic E-state index is 0.167. The second kappa shape index (κ2) is 7.89. The normalized spacial score (nSPS) is 18.0. The number of benzene rings is 2. The van der Waals surface area contributed by atoms with Crippen LogP contribution in [0.25, 0.3) is 0 Å². The molecule has 0 bridgehead atoms. The first kappa shape index (κ1) is 19.1. The van der Waals surface area contributed by atoms with Crippen molar-refractivity contribution in [1.29, 1.82) is 0 Å². The fourth-order valence-corrected chi connectivity index (χ4v) is 4.84. The summed E-state index contributed by atoms with van der Waals surface area (Å²) in [6.07, 6.45) is 1.90. The highest BCUT2D eigenvalue weighted by Gasteiger charge is 2.37. The van der Waals surface area contributed by atoms with E-state index >= 15 is 0 Å². The third-order valence-corrected chi connectivity index (χ3v) is 6.44. The van der Waals surface area contributed by atoms with Gasteiger partial charge < -0.3 is 11.1 Å². The molecule has 2 aromatic rings. The van der Waals surface area contributed by atoms with Crippen molar-refractivity contribution in [3.63, 3.8) is 0 Å². The Bertz CT molecular complexity index is 944. The number of piperidine rings is 1. The molecular weight excluding hydrogens is 366 g/mol. The van der Waals surface area contributed by atoms with Gasteiger partial charge in [-0.25, -0.2) is 8.42 Å². The Hall–Kier alpha value is -2.71. The molecule has 0 aliphatic carbocycles. The van der Waals surface area contributed by atoms with Gasteiger partial charge in [0.1, 0.15) is 6.04 Å². The van der Waals surface area contributed by atoms with E-state index in [2.05, 4.69) is 5.32 Å². The van der Waals surface area contributed by atoms with Gasteiger partial charge in [0.05, 0.1) is 4.90 Å². The van der Waals surface area contributed by atoms with Gasteiger partial charge in [-0.2, -0.15) is 4.31 Å². The Balaban J connectivity index is 1.84. The summed E-state index contributed by atoms with van der Waals surface area (Å²) in [4.78, 5) is 24.3. The van der Waals surface area contributed by atoms with Crippen molar-refractivity contribution in [2.75, 3.05) is 11.9 Å². The first-order valence-electron chi connectivity index (χ1n) is 8.67. The number of sulfonamides is 1. The summed E-state index contributed by atoms with van der Waals surface area (Å²) in [6, 6.07) is 13.5. The quantitative estimate of drug-likeness (QED) is 0.817. The Labute approximate surface area is 158 Å². The van der Waals surface area contributed by atoms with Crippen LogP contribution < -0.4 is 11.1 Å². The van der Waals surface area contributed by atoms with Crippen molar-refractivity contribution in [2.45, 2.75) is 30.2 Å². The smallest absolute Gasteiger partial charge is 0.248 e. The van der Waals surface area contributed by atoms with Crippen LogP contribution in [0.4, 0.5) is 5.69 Å². The first-order valence-corrected chi connectivity index (χ1v) is 10.1. The third kappa shape index (κ3) is 4.17. The number of rotatable bonds is 5. The van der Waals surface area contributed by atoms with Crippen LogP contribution in [0.3, 0.4) is 0 Å². The Morgan fingerprint density at radius 1 is 1.04 bits per heavy atom. The van der Waals surface area contributed by atoms with E-state index in [1.165, 1.54) is 22.5 Å². The van der Waals surface area contributed by atoms with Crippen LogP contribution in [-0.2, 0) is 14.8 Å². The summed E-state index contributed by atoms with van der Waals surface area (Å²) in [5, 5.41) is 2.71. The van der Waals surface area contributed by atoms with Crippen molar-refractivity contribution >= 4 is 27.5 Å².